The average Bonchev–Trinajstić information content (AvgIpc) is 2.91. The van der Waals surface area contributed by atoms with Crippen molar-refractivity contribution in [3.05, 3.63) is 120 Å². The Morgan fingerprint density at radius 2 is 1.40 bits per heavy atom. The minimum absolute atomic E-state index is 0.857. The van der Waals surface area contributed by atoms with Crippen LogP contribution in [0.4, 0.5) is 5.69 Å². The van der Waals surface area contributed by atoms with E-state index in [4.69, 9.17) is 0 Å². The van der Waals surface area contributed by atoms with Gasteiger partial charge in [0, 0.05) is 0 Å². The molecule has 0 N–H and O–H groups in total. The lowest BCUT2D eigenvalue weighted by atomic mass is 9.94. The minimum atomic E-state index is 0.857. The van der Waals surface area contributed by atoms with Crippen LogP contribution in [-0.4, -0.2) is 0 Å². The Kier molecular flexibility index (Phi) is 8.78. The zero-order valence-corrected chi connectivity index (χ0v) is 20.8. The van der Waals surface area contributed by atoms with Crippen molar-refractivity contribution in [1.82, 2.24) is 0 Å². The molecular formula is C33H34N2. The van der Waals surface area contributed by atoms with Gasteiger partial charge < -0.3 is 0 Å². The van der Waals surface area contributed by atoms with Gasteiger partial charge in [-0.3, -0.25) is 0 Å². The second-order valence-electron chi connectivity index (χ2n) is 8.99. The maximum absolute atomic E-state index is 4.44. The first-order chi connectivity index (χ1) is 17.2. The Morgan fingerprint density at radius 3 is 2.11 bits per heavy atom. The van der Waals surface area contributed by atoms with Crippen molar-refractivity contribution in [3.63, 3.8) is 0 Å². The van der Waals surface area contributed by atoms with E-state index in [-0.39, 0.29) is 0 Å². The van der Waals surface area contributed by atoms with Crippen LogP contribution in [0.2, 0.25) is 0 Å². The van der Waals surface area contributed by atoms with Gasteiger partial charge in [0.2, 0.25) is 0 Å². The zero-order valence-electron chi connectivity index (χ0n) is 20.8. The van der Waals surface area contributed by atoms with Gasteiger partial charge in [-0.2, -0.15) is 10.2 Å². The first kappa shape index (κ1) is 24.3. The number of hydrogen-bond acceptors (Lipinski definition) is 2. The molecule has 0 heterocycles. The molecule has 0 spiro atoms. The molecule has 4 aromatic rings. The van der Waals surface area contributed by atoms with Gasteiger partial charge in [0.1, 0.15) is 0 Å². The lowest BCUT2D eigenvalue weighted by Crippen LogP contribution is -1.92. The highest BCUT2D eigenvalue weighted by molar-refractivity contribution is 5.71. The van der Waals surface area contributed by atoms with Gasteiger partial charge in [-0.05, 0) is 76.9 Å². The van der Waals surface area contributed by atoms with Crippen LogP contribution >= 0.6 is 0 Å². The number of rotatable bonds is 10. The zero-order chi connectivity index (χ0) is 24.3. The smallest absolute Gasteiger partial charge is 0.0863 e. The van der Waals surface area contributed by atoms with Crippen LogP contribution in [0.5, 0.6) is 0 Å². The van der Waals surface area contributed by atoms with E-state index in [9.17, 15) is 0 Å². The molecule has 0 amide bonds. The summed E-state index contributed by atoms with van der Waals surface area (Å²) in [5.74, 6) is 0. The average molecular weight is 459 g/mol. The van der Waals surface area contributed by atoms with Gasteiger partial charge >= 0.3 is 0 Å². The predicted molar refractivity (Wildman–Crippen MR) is 150 cm³/mol. The fourth-order valence-corrected chi connectivity index (χ4v) is 4.39. The van der Waals surface area contributed by atoms with Crippen LogP contribution in [0.15, 0.2) is 113 Å². The number of unbranched alkanes of at least 4 members (excludes halogenated alkanes) is 3. The van der Waals surface area contributed by atoms with Gasteiger partial charge in [-0.25, -0.2) is 0 Å². The normalized spacial score (nSPS) is 11.5. The Bertz CT molecular complexity index is 1270. The maximum Gasteiger partial charge on any atom is 0.0863 e. The quantitative estimate of drug-likeness (QED) is 0.167. The highest BCUT2D eigenvalue weighted by atomic mass is 15.1. The SMILES string of the molecule is CCCCCCc1cc(C=CN=Nc2ccc(C)c(-c3ccccc3)c2)ccc1-c1ccccc1. The highest BCUT2D eigenvalue weighted by Gasteiger charge is 2.06. The van der Waals surface area contributed by atoms with E-state index in [1.807, 2.05) is 18.2 Å². The molecule has 0 aliphatic rings. The molecule has 0 aliphatic carbocycles. The molecule has 2 nitrogen and oxygen atoms in total. The Balaban J connectivity index is 1.50. The van der Waals surface area contributed by atoms with E-state index >= 15 is 0 Å². The molecule has 0 unspecified atom stereocenters. The summed E-state index contributed by atoms with van der Waals surface area (Å²) in [5, 5.41) is 8.79. The number of aryl methyl sites for hydroxylation is 2. The molecule has 0 bridgehead atoms. The third-order valence-corrected chi connectivity index (χ3v) is 6.33. The molecule has 0 aromatic heterocycles. The van der Waals surface area contributed by atoms with E-state index in [1.165, 1.54) is 59.1 Å². The van der Waals surface area contributed by atoms with Crippen molar-refractivity contribution in [2.75, 3.05) is 0 Å². The first-order valence-corrected chi connectivity index (χ1v) is 12.7. The molecule has 0 radical (unpaired) electrons. The van der Waals surface area contributed by atoms with Crippen LogP contribution < -0.4 is 0 Å². The van der Waals surface area contributed by atoms with Crippen molar-refractivity contribution in [1.29, 1.82) is 0 Å². The van der Waals surface area contributed by atoms with Crippen LogP contribution in [0.3, 0.4) is 0 Å². The molecule has 2 heteroatoms. The van der Waals surface area contributed by atoms with Crippen LogP contribution in [0.25, 0.3) is 28.3 Å². The summed E-state index contributed by atoms with van der Waals surface area (Å²) < 4.78 is 0. The molecule has 4 aromatic carbocycles. The number of azo groups is 1. The molecule has 0 atom stereocenters. The summed E-state index contributed by atoms with van der Waals surface area (Å²) in [4.78, 5) is 0. The largest absolute Gasteiger partial charge is 0.159 e. The second-order valence-corrected chi connectivity index (χ2v) is 8.99. The van der Waals surface area contributed by atoms with Gasteiger partial charge in [0.25, 0.3) is 0 Å². The topological polar surface area (TPSA) is 24.7 Å². The van der Waals surface area contributed by atoms with Crippen LogP contribution in [-0.2, 0) is 6.42 Å². The molecule has 0 aliphatic heterocycles. The summed E-state index contributed by atoms with van der Waals surface area (Å²) in [7, 11) is 0. The van der Waals surface area contributed by atoms with Gasteiger partial charge in [0.05, 0.1) is 11.9 Å². The van der Waals surface area contributed by atoms with Crippen molar-refractivity contribution >= 4 is 11.8 Å². The monoisotopic (exact) mass is 458 g/mol. The van der Waals surface area contributed by atoms with E-state index < -0.39 is 0 Å². The van der Waals surface area contributed by atoms with Crippen LogP contribution in [0, 0.1) is 6.92 Å². The molecule has 0 saturated heterocycles. The number of hydrogen-bond donors (Lipinski definition) is 0. The summed E-state index contributed by atoms with van der Waals surface area (Å²) in [5.41, 5.74) is 9.64. The lowest BCUT2D eigenvalue weighted by molar-refractivity contribution is 0.667. The standard InChI is InChI=1S/C33H34N2/c1-3-4-5-8-17-30-24-27(19-21-32(30)28-13-9-6-10-14-28)22-23-34-35-31-20-18-26(2)33(25-31)29-15-11-7-12-16-29/h6-7,9-16,18-25H,3-5,8,17H2,1-2H3. The van der Waals surface area contributed by atoms with Crippen molar-refractivity contribution in [2.24, 2.45) is 10.2 Å². The van der Waals surface area contributed by atoms with E-state index in [0.29, 0.717) is 0 Å². The third kappa shape index (κ3) is 6.86. The fraction of sp³-hybridized carbons (Fsp3) is 0.212. The third-order valence-electron chi connectivity index (χ3n) is 6.33. The molecule has 35 heavy (non-hydrogen) atoms. The Labute approximate surface area is 210 Å². The van der Waals surface area contributed by atoms with E-state index in [2.05, 4.69) is 109 Å². The second kappa shape index (κ2) is 12.6. The summed E-state index contributed by atoms with van der Waals surface area (Å²) in [6.07, 6.45) is 9.98. The van der Waals surface area contributed by atoms with Gasteiger partial charge in [-0.1, -0.05) is 111 Å². The first-order valence-electron chi connectivity index (χ1n) is 12.7. The van der Waals surface area contributed by atoms with Gasteiger partial charge in [-0.15, -0.1) is 0 Å². The van der Waals surface area contributed by atoms with E-state index in [1.54, 1.807) is 6.20 Å². The Morgan fingerprint density at radius 1 is 0.686 bits per heavy atom. The molecule has 176 valence electrons. The van der Waals surface area contributed by atoms with Crippen molar-refractivity contribution < 1.29 is 0 Å². The molecule has 0 saturated carbocycles. The van der Waals surface area contributed by atoms with Crippen molar-refractivity contribution in [2.45, 2.75) is 46.0 Å². The molecular weight excluding hydrogens is 424 g/mol. The van der Waals surface area contributed by atoms with Crippen molar-refractivity contribution in [3.8, 4) is 22.3 Å². The summed E-state index contributed by atoms with van der Waals surface area (Å²) in [6, 6.07) is 34.0. The maximum atomic E-state index is 4.44. The lowest BCUT2D eigenvalue weighted by Gasteiger charge is -2.11. The number of benzene rings is 4. The predicted octanol–water partition coefficient (Wildman–Crippen LogP) is 10.2. The summed E-state index contributed by atoms with van der Waals surface area (Å²) >= 11 is 0. The van der Waals surface area contributed by atoms with Gasteiger partial charge in [0.15, 0.2) is 0 Å². The van der Waals surface area contributed by atoms with E-state index in [0.717, 1.165) is 17.7 Å². The highest BCUT2D eigenvalue weighted by Crippen LogP contribution is 2.29. The summed E-state index contributed by atoms with van der Waals surface area (Å²) in [6.45, 7) is 4.39. The number of nitrogens with zero attached hydrogens (tertiary/aromatic N) is 2. The van der Waals surface area contributed by atoms with Crippen LogP contribution in [0.1, 0.15) is 49.3 Å². The minimum Gasteiger partial charge on any atom is -0.159 e. The molecule has 4 rings (SSSR count). The Hall–Kier alpha value is -3.78. The molecule has 0 fully saturated rings. The fourth-order valence-electron chi connectivity index (χ4n) is 4.39.